The van der Waals surface area contributed by atoms with E-state index in [1.807, 2.05) is 6.07 Å². The summed E-state index contributed by atoms with van der Waals surface area (Å²) in [6, 6.07) is 11.5. The van der Waals surface area contributed by atoms with Crippen LogP contribution in [0.2, 0.25) is 10.0 Å². The highest BCUT2D eigenvalue weighted by molar-refractivity contribution is 6.42. The SMILES string of the molecule is Cc1cc(OC(=O)Nc2ccc(Cl)c(Cl)c2)ccc1C#N. The number of amides is 1. The maximum absolute atomic E-state index is 11.8. The highest BCUT2D eigenvalue weighted by atomic mass is 35.5. The molecule has 0 saturated carbocycles. The van der Waals surface area contributed by atoms with Crippen LogP contribution in [0.4, 0.5) is 10.5 Å². The fourth-order valence-electron chi connectivity index (χ4n) is 1.65. The van der Waals surface area contributed by atoms with Gasteiger partial charge in [0.2, 0.25) is 0 Å². The number of rotatable bonds is 2. The van der Waals surface area contributed by atoms with Gasteiger partial charge < -0.3 is 4.74 Å². The number of ether oxygens (including phenoxy) is 1. The Morgan fingerprint density at radius 2 is 1.95 bits per heavy atom. The number of benzene rings is 2. The van der Waals surface area contributed by atoms with Crippen molar-refractivity contribution in [1.29, 1.82) is 5.26 Å². The number of anilines is 1. The minimum Gasteiger partial charge on any atom is -0.410 e. The molecule has 2 aromatic rings. The molecule has 0 unspecified atom stereocenters. The number of halogens is 2. The van der Waals surface area contributed by atoms with E-state index in [0.717, 1.165) is 5.56 Å². The second-order valence-corrected chi connectivity index (χ2v) is 5.05. The van der Waals surface area contributed by atoms with Gasteiger partial charge in [0.15, 0.2) is 0 Å². The van der Waals surface area contributed by atoms with E-state index in [1.165, 1.54) is 6.07 Å². The molecule has 0 spiro atoms. The molecule has 2 rings (SSSR count). The molecule has 0 fully saturated rings. The Kier molecular flexibility index (Phi) is 4.69. The second kappa shape index (κ2) is 6.49. The molecule has 21 heavy (non-hydrogen) atoms. The second-order valence-electron chi connectivity index (χ2n) is 4.23. The summed E-state index contributed by atoms with van der Waals surface area (Å²) in [5, 5.41) is 12.1. The number of hydrogen-bond acceptors (Lipinski definition) is 3. The van der Waals surface area contributed by atoms with Crippen LogP contribution in [0.5, 0.6) is 5.75 Å². The lowest BCUT2D eigenvalue weighted by molar-refractivity contribution is 0.215. The molecule has 4 nitrogen and oxygen atoms in total. The molecule has 1 amide bonds. The summed E-state index contributed by atoms with van der Waals surface area (Å²) < 4.78 is 5.13. The molecule has 0 bridgehead atoms. The van der Waals surface area contributed by atoms with E-state index >= 15 is 0 Å². The first-order chi connectivity index (χ1) is 9.99. The zero-order valence-electron chi connectivity index (χ0n) is 11.0. The van der Waals surface area contributed by atoms with Gasteiger partial charge in [-0.25, -0.2) is 4.79 Å². The molecular formula is C15H10Cl2N2O2. The zero-order valence-corrected chi connectivity index (χ0v) is 12.5. The van der Waals surface area contributed by atoms with Crippen molar-refractivity contribution >= 4 is 35.0 Å². The summed E-state index contributed by atoms with van der Waals surface area (Å²) in [6.07, 6.45) is -0.655. The van der Waals surface area contributed by atoms with Gasteiger partial charge in [-0.1, -0.05) is 23.2 Å². The van der Waals surface area contributed by atoms with Gasteiger partial charge in [0.05, 0.1) is 21.7 Å². The minimum atomic E-state index is -0.655. The van der Waals surface area contributed by atoms with E-state index in [2.05, 4.69) is 5.32 Å². The fraction of sp³-hybridized carbons (Fsp3) is 0.0667. The molecule has 0 aliphatic rings. The van der Waals surface area contributed by atoms with Crippen LogP contribution in [-0.4, -0.2) is 6.09 Å². The van der Waals surface area contributed by atoms with Crippen molar-refractivity contribution in [1.82, 2.24) is 0 Å². The molecule has 0 aliphatic heterocycles. The van der Waals surface area contributed by atoms with Crippen LogP contribution in [-0.2, 0) is 0 Å². The molecule has 0 aromatic heterocycles. The summed E-state index contributed by atoms with van der Waals surface area (Å²) in [5.74, 6) is 0.351. The minimum absolute atomic E-state index is 0.337. The van der Waals surface area contributed by atoms with E-state index in [1.54, 1.807) is 37.3 Å². The van der Waals surface area contributed by atoms with Crippen LogP contribution in [0.1, 0.15) is 11.1 Å². The predicted octanol–water partition coefficient (Wildman–Crippen LogP) is 4.78. The largest absolute Gasteiger partial charge is 0.417 e. The highest BCUT2D eigenvalue weighted by Crippen LogP contribution is 2.25. The smallest absolute Gasteiger partial charge is 0.410 e. The highest BCUT2D eigenvalue weighted by Gasteiger charge is 2.08. The summed E-state index contributed by atoms with van der Waals surface area (Å²) in [5.41, 5.74) is 1.74. The van der Waals surface area contributed by atoms with E-state index in [4.69, 9.17) is 33.2 Å². The Balaban J connectivity index is 2.06. The predicted molar refractivity (Wildman–Crippen MR) is 82.0 cm³/mol. The molecule has 1 N–H and O–H groups in total. The Morgan fingerprint density at radius 1 is 1.19 bits per heavy atom. The van der Waals surface area contributed by atoms with Gasteiger partial charge in [-0.3, -0.25) is 5.32 Å². The normalized spacial score (nSPS) is 9.81. The lowest BCUT2D eigenvalue weighted by atomic mass is 10.1. The molecule has 106 valence electrons. The number of nitrogens with zero attached hydrogens (tertiary/aromatic N) is 1. The van der Waals surface area contributed by atoms with Crippen molar-refractivity contribution in [3.8, 4) is 11.8 Å². The third kappa shape index (κ3) is 3.88. The summed E-state index contributed by atoms with van der Waals surface area (Å²) in [7, 11) is 0. The van der Waals surface area contributed by atoms with Gasteiger partial charge in [0.1, 0.15) is 5.75 Å². The number of aryl methyl sites for hydroxylation is 1. The molecule has 0 atom stereocenters. The summed E-state index contributed by atoms with van der Waals surface area (Å²) >= 11 is 11.6. The Morgan fingerprint density at radius 3 is 2.57 bits per heavy atom. The van der Waals surface area contributed by atoms with Gasteiger partial charge in [-0.2, -0.15) is 5.26 Å². The van der Waals surface area contributed by atoms with Crippen molar-refractivity contribution in [2.45, 2.75) is 6.92 Å². The molecule has 0 saturated heterocycles. The van der Waals surface area contributed by atoms with Crippen molar-refractivity contribution in [2.24, 2.45) is 0 Å². The average molecular weight is 321 g/mol. The maximum Gasteiger partial charge on any atom is 0.417 e. The number of hydrogen-bond donors (Lipinski definition) is 1. The number of nitrogens with one attached hydrogen (secondary N) is 1. The van der Waals surface area contributed by atoms with Crippen molar-refractivity contribution in [3.05, 3.63) is 57.6 Å². The van der Waals surface area contributed by atoms with E-state index in [0.29, 0.717) is 27.0 Å². The van der Waals surface area contributed by atoms with Crippen LogP contribution in [0.25, 0.3) is 0 Å². The topological polar surface area (TPSA) is 62.1 Å². The molecule has 0 radical (unpaired) electrons. The monoisotopic (exact) mass is 320 g/mol. The van der Waals surface area contributed by atoms with E-state index < -0.39 is 6.09 Å². The summed E-state index contributed by atoms with van der Waals surface area (Å²) in [4.78, 5) is 11.8. The third-order valence-corrected chi connectivity index (χ3v) is 3.43. The lowest BCUT2D eigenvalue weighted by Gasteiger charge is -2.08. The number of nitriles is 1. The molecule has 2 aromatic carbocycles. The van der Waals surface area contributed by atoms with Crippen LogP contribution in [0, 0.1) is 18.3 Å². The van der Waals surface area contributed by atoms with Crippen LogP contribution < -0.4 is 10.1 Å². The van der Waals surface area contributed by atoms with Gasteiger partial charge in [0.25, 0.3) is 0 Å². The third-order valence-electron chi connectivity index (χ3n) is 2.69. The van der Waals surface area contributed by atoms with Gasteiger partial charge in [-0.15, -0.1) is 0 Å². The first kappa shape index (κ1) is 15.2. The quantitative estimate of drug-likeness (QED) is 0.865. The average Bonchev–Trinajstić information content (AvgIpc) is 2.43. The van der Waals surface area contributed by atoms with E-state index in [9.17, 15) is 4.79 Å². The molecule has 0 aliphatic carbocycles. The Labute approximate surface area is 131 Å². The van der Waals surface area contributed by atoms with Crippen molar-refractivity contribution in [2.75, 3.05) is 5.32 Å². The maximum atomic E-state index is 11.8. The fourth-order valence-corrected chi connectivity index (χ4v) is 1.95. The number of carbonyl (C=O) groups is 1. The van der Waals surface area contributed by atoms with Crippen LogP contribution in [0.3, 0.4) is 0 Å². The van der Waals surface area contributed by atoms with Crippen LogP contribution in [0.15, 0.2) is 36.4 Å². The molecular weight excluding hydrogens is 311 g/mol. The van der Waals surface area contributed by atoms with Gasteiger partial charge in [0, 0.05) is 5.69 Å². The standard InChI is InChI=1S/C15H10Cl2N2O2/c1-9-6-12(4-2-10(9)8-18)21-15(20)19-11-3-5-13(16)14(17)7-11/h2-7H,1H3,(H,19,20). The van der Waals surface area contributed by atoms with Gasteiger partial charge >= 0.3 is 6.09 Å². The van der Waals surface area contributed by atoms with Crippen LogP contribution >= 0.6 is 23.2 Å². The van der Waals surface area contributed by atoms with Crippen molar-refractivity contribution < 1.29 is 9.53 Å². The summed E-state index contributed by atoms with van der Waals surface area (Å²) in [6.45, 7) is 1.77. The number of carbonyl (C=O) groups excluding carboxylic acids is 1. The molecule has 6 heteroatoms. The molecule has 0 heterocycles. The van der Waals surface area contributed by atoms with E-state index in [-0.39, 0.29) is 0 Å². The first-order valence-corrected chi connectivity index (χ1v) is 6.70. The Hall–Kier alpha value is -2.22. The lowest BCUT2D eigenvalue weighted by Crippen LogP contribution is -2.16. The Bertz CT molecular complexity index is 739. The first-order valence-electron chi connectivity index (χ1n) is 5.94. The zero-order chi connectivity index (χ0) is 15.4. The van der Waals surface area contributed by atoms with Gasteiger partial charge in [-0.05, 0) is 48.9 Å². The van der Waals surface area contributed by atoms with Crippen molar-refractivity contribution in [3.63, 3.8) is 0 Å².